The van der Waals surface area contributed by atoms with Gasteiger partial charge in [-0.3, -0.25) is 14.6 Å². The maximum atomic E-state index is 12.7. The molecule has 3 fully saturated rings. The third kappa shape index (κ3) is 7.92. The fourth-order valence-electron chi connectivity index (χ4n) is 3.76. The number of hydrogen-bond donors (Lipinski definition) is 2. The van der Waals surface area contributed by atoms with E-state index in [0.29, 0.717) is 32.2 Å². The molecule has 29 heavy (non-hydrogen) atoms. The Balaban J connectivity index is 0.00000300. The number of carbonyl (C=O) groups excluding carboxylic acids is 2. The minimum absolute atomic E-state index is 0. The summed E-state index contributed by atoms with van der Waals surface area (Å²) in [6.45, 7) is 7.95. The van der Waals surface area contributed by atoms with Crippen LogP contribution in [0.3, 0.4) is 0 Å². The molecular formula is C20H36IN5O3. The van der Waals surface area contributed by atoms with E-state index in [1.54, 1.807) is 0 Å². The highest BCUT2D eigenvalue weighted by molar-refractivity contribution is 14.0. The molecule has 0 spiro atoms. The van der Waals surface area contributed by atoms with E-state index in [4.69, 9.17) is 9.73 Å². The predicted octanol–water partition coefficient (Wildman–Crippen LogP) is 1.20. The number of nitrogens with zero attached hydrogens (tertiary/aromatic N) is 3. The van der Waals surface area contributed by atoms with Gasteiger partial charge in [0.25, 0.3) is 0 Å². The van der Waals surface area contributed by atoms with Crippen molar-refractivity contribution in [2.24, 2.45) is 10.9 Å². The standard InChI is InChI=1S/C20H35N5O3.HI/c1-2-21-20(22-9-3-4-18(26)23-17-5-6-17)25-10-7-16(8-11-25)19(27)24-12-14-28-15-13-24;/h16-17H,2-15H2,1H3,(H,21,22)(H,23,26);1H. The predicted molar refractivity (Wildman–Crippen MR) is 123 cm³/mol. The average molecular weight is 521 g/mol. The summed E-state index contributed by atoms with van der Waals surface area (Å²) >= 11 is 0. The summed E-state index contributed by atoms with van der Waals surface area (Å²) < 4.78 is 5.34. The Hall–Kier alpha value is -1.10. The fraction of sp³-hybridized carbons (Fsp3) is 0.850. The largest absolute Gasteiger partial charge is 0.378 e. The van der Waals surface area contributed by atoms with Crippen LogP contribution in [-0.4, -0.2) is 86.1 Å². The van der Waals surface area contributed by atoms with Crippen molar-refractivity contribution in [1.82, 2.24) is 20.4 Å². The maximum absolute atomic E-state index is 12.7. The van der Waals surface area contributed by atoms with E-state index >= 15 is 0 Å². The molecule has 0 radical (unpaired) electrons. The van der Waals surface area contributed by atoms with Crippen LogP contribution in [0, 0.1) is 5.92 Å². The van der Waals surface area contributed by atoms with Crippen LogP contribution in [0.5, 0.6) is 0 Å². The molecule has 2 heterocycles. The molecule has 0 unspecified atom stereocenters. The number of amides is 2. The molecule has 0 atom stereocenters. The number of hydrogen-bond acceptors (Lipinski definition) is 4. The number of morpholine rings is 1. The third-order valence-electron chi connectivity index (χ3n) is 5.57. The Kier molecular flexibility index (Phi) is 10.5. The molecule has 3 aliphatic rings. The first kappa shape index (κ1) is 24.2. The molecule has 0 aromatic heterocycles. The summed E-state index contributed by atoms with van der Waals surface area (Å²) in [5.74, 6) is 1.45. The zero-order valence-corrected chi connectivity index (χ0v) is 19.9. The van der Waals surface area contributed by atoms with Gasteiger partial charge in [-0.15, -0.1) is 24.0 Å². The number of rotatable bonds is 7. The van der Waals surface area contributed by atoms with E-state index in [0.717, 1.165) is 70.8 Å². The molecule has 1 aliphatic carbocycles. The van der Waals surface area contributed by atoms with Gasteiger partial charge < -0.3 is 25.2 Å². The van der Waals surface area contributed by atoms with Gasteiger partial charge in [0.15, 0.2) is 5.96 Å². The first-order valence-corrected chi connectivity index (χ1v) is 10.9. The monoisotopic (exact) mass is 521 g/mol. The van der Waals surface area contributed by atoms with Crippen molar-refractivity contribution in [3.05, 3.63) is 0 Å². The van der Waals surface area contributed by atoms with Crippen LogP contribution in [0.2, 0.25) is 0 Å². The number of ether oxygens (including phenoxy) is 1. The molecule has 2 saturated heterocycles. The number of guanidine groups is 1. The molecule has 8 nitrogen and oxygen atoms in total. The van der Waals surface area contributed by atoms with Crippen molar-refractivity contribution in [3.8, 4) is 0 Å². The van der Waals surface area contributed by atoms with E-state index in [9.17, 15) is 9.59 Å². The Bertz CT molecular complexity index is 556. The SMILES string of the molecule is CCNC(=NCCCC(=O)NC1CC1)N1CCC(C(=O)N2CCOCC2)CC1.I. The van der Waals surface area contributed by atoms with E-state index in [-0.39, 0.29) is 41.7 Å². The molecule has 3 rings (SSSR count). The van der Waals surface area contributed by atoms with Crippen molar-refractivity contribution < 1.29 is 14.3 Å². The van der Waals surface area contributed by atoms with Crippen LogP contribution in [0.4, 0.5) is 0 Å². The number of carbonyl (C=O) groups is 2. The summed E-state index contributed by atoms with van der Waals surface area (Å²) in [5.41, 5.74) is 0. The lowest BCUT2D eigenvalue weighted by Crippen LogP contribution is -2.50. The van der Waals surface area contributed by atoms with Crippen LogP contribution < -0.4 is 10.6 Å². The zero-order chi connectivity index (χ0) is 19.8. The lowest BCUT2D eigenvalue weighted by molar-refractivity contribution is -0.140. The molecule has 1 saturated carbocycles. The number of halogens is 1. The molecule has 2 N–H and O–H groups in total. The number of aliphatic imine (C=N–C) groups is 1. The van der Waals surface area contributed by atoms with Gasteiger partial charge in [-0.2, -0.15) is 0 Å². The van der Waals surface area contributed by atoms with Gasteiger partial charge in [-0.1, -0.05) is 0 Å². The first-order valence-electron chi connectivity index (χ1n) is 10.9. The van der Waals surface area contributed by atoms with Gasteiger partial charge in [-0.05, 0) is 39.0 Å². The quantitative estimate of drug-likeness (QED) is 0.228. The van der Waals surface area contributed by atoms with E-state index in [1.807, 2.05) is 4.90 Å². The highest BCUT2D eigenvalue weighted by Gasteiger charge is 2.30. The normalized spacial score (nSPS) is 20.8. The second-order valence-electron chi connectivity index (χ2n) is 7.88. The van der Waals surface area contributed by atoms with Gasteiger partial charge in [0.1, 0.15) is 0 Å². The van der Waals surface area contributed by atoms with Crippen molar-refractivity contribution in [2.75, 3.05) is 52.5 Å². The smallest absolute Gasteiger partial charge is 0.225 e. The number of nitrogens with one attached hydrogen (secondary N) is 2. The summed E-state index contributed by atoms with van der Waals surface area (Å²) in [7, 11) is 0. The second-order valence-corrected chi connectivity index (χ2v) is 7.88. The van der Waals surface area contributed by atoms with Gasteiger partial charge in [-0.25, -0.2) is 0 Å². The van der Waals surface area contributed by atoms with Crippen LogP contribution >= 0.6 is 24.0 Å². The van der Waals surface area contributed by atoms with Crippen LogP contribution in [0.15, 0.2) is 4.99 Å². The summed E-state index contributed by atoms with van der Waals surface area (Å²) in [5, 5.41) is 6.37. The van der Waals surface area contributed by atoms with E-state index in [1.165, 1.54) is 0 Å². The van der Waals surface area contributed by atoms with Crippen LogP contribution in [-0.2, 0) is 14.3 Å². The van der Waals surface area contributed by atoms with Crippen LogP contribution in [0.1, 0.15) is 45.4 Å². The molecule has 166 valence electrons. The summed E-state index contributed by atoms with van der Waals surface area (Å²) in [4.78, 5) is 33.3. The minimum atomic E-state index is 0. The average Bonchev–Trinajstić information content (AvgIpc) is 3.54. The van der Waals surface area contributed by atoms with Gasteiger partial charge >= 0.3 is 0 Å². The second kappa shape index (κ2) is 12.6. The summed E-state index contributed by atoms with van der Waals surface area (Å²) in [6, 6.07) is 0.426. The Morgan fingerprint density at radius 3 is 2.34 bits per heavy atom. The van der Waals surface area contributed by atoms with Crippen molar-refractivity contribution in [3.63, 3.8) is 0 Å². The van der Waals surface area contributed by atoms with E-state index in [2.05, 4.69) is 22.5 Å². The Morgan fingerprint density at radius 1 is 1.03 bits per heavy atom. The molecule has 0 aromatic rings. The molecule has 0 bridgehead atoms. The molecule has 9 heteroatoms. The highest BCUT2D eigenvalue weighted by atomic mass is 127. The topological polar surface area (TPSA) is 86.3 Å². The fourth-order valence-corrected chi connectivity index (χ4v) is 3.76. The zero-order valence-electron chi connectivity index (χ0n) is 17.5. The Morgan fingerprint density at radius 2 is 1.72 bits per heavy atom. The lowest BCUT2D eigenvalue weighted by atomic mass is 9.95. The minimum Gasteiger partial charge on any atom is -0.378 e. The Labute approximate surface area is 191 Å². The van der Waals surface area contributed by atoms with E-state index < -0.39 is 0 Å². The van der Waals surface area contributed by atoms with Gasteiger partial charge in [0.05, 0.1) is 13.2 Å². The highest BCUT2D eigenvalue weighted by Crippen LogP contribution is 2.21. The molecule has 0 aromatic carbocycles. The van der Waals surface area contributed by atoms with Crippen LogP contribution in [0.25, 0.3) is 0 Å². The van der Waals surface area contributed by atoms with Crippen molar-refractivity contribution >= 4 is 41.8 Å². The van der Waals surface area contributed by atoms with Gasteiger partial charge in [0.2, 0.25) is 11.8 Å². The van der Waals surface area contributed by atoms with Gasteiger partial charge in [0, 0.05) is 57.6 Å². The molecular weight excluding hydrogens is 485 g/mol. The maximum Gasteiger partial charge on any atom is 0.225 e. The first-order chi connectivity index (χ1) is 13.7. The lowest BCUT2D eigenvalue weighted by Gasteiger charge is -2.36. The van der Waals surface area contributed by atoms with Crippen molar-refractivity contribution in [2.45, 2.75) is 51.5 Å². The number of piperidine rings is 1. The summed E-state index contributed by atoms with van der Waals surface area (Å²) in [6.07, 6.45) is 5.28. The molecule has 2 aliphatic heterocycles. The number of likely N-dealkylation sites (tertiary alicyclic amines) is 1. The molecule has 2 amide bonds. The van der Waals surface area contributed by atoms with Crippen molar-refractivity contribution in [1.29, 1.82) is 0 Å². The third-order valence-corrected chi connectivity index (χ3v) is 5.57.